The lowest BCUT2D eigenvalue weighted by molar-refractivity contribution is -0.248. The van der Waals surface area contributed by atoms with Crippen molar-refractivity contribution < 1.29 is 9.88 Å². The SMILES string of the molecule is COONc1cc(C(C#N)=C(C#N)C#N)ccc1N=O. The Morgan fingerprint density at radius 2 is 1.95 bits per heavy atom. The number of nitriles is 3. The third-order valence-electron chi connectivity index (χ3n) is 2.20. The molecule has 0 aliphatic carbocycles. The predicted octanol–water partition coefficient (Wildman–Crippen LogP) is 2.31. The molecule has 0 atom stereocenters. The van der Waals surface area contributed by atoms with E-state index in [0.29, 0.717) is 0 Å². The second kappa shape index (κ2) is 7.24. The van der Waals surface area contributed by atoms with E-state index < -0.39 is 0 Å². The highest BCUT2D eigenvalue weighted by Gasteiger charge is 2.12. The van der Waals surface area contributed by atoms with Gasteiger partial charge in [-0.2, -0.15) is 15.8 Å². The van der Waals surface area contributed by atoms with Gasteiger partial charge in [0.25, 0.3) is 0 Å². The molecular formula is C12H7N5O3. The average Bonchev–Trinajstić information content (AvgIpc) is 2.50. The summed E-state index contributed by atoms with van der Waals surface area (Å²) in [5.41, 5.74) is 2.25. The standard InChI is InChI=1S/C12H7N5O3/c1-19-20-17-12-4-8(2-3-11(12)16-18)10(7-15)9(5-13)6-14/h2-4,17H,1H3. The smallest absolute Gasteiger partial charge is 0.148 e. The van der Waals surface area contributed by atoms with Crippen LogP contribution in [0.5, 0.6) is 0 Å². The number of benzene rings is 1. The largest absolute Gasteiger partial charge is 0.233 e. The van der Waals surface area contributed by atoms with Crippen LogP contribution in [-0.4, -0.2) is 7.11 Å². The summed E-state index contributed by atoms with van der Waals surface area (Å²) in [6.45, 7) is 0. The summed E-state index contributed by atoms with van der Waals surface area (Å²) in [5.74, 6) is 0. The molecule has 0 amide bonds. The summed E-state index contributed by atoms with van der Waals surface area (Å²) < 4.78 is 0. The first-order valence-electron chi connectivity index (χ1n) is 5.09. The average molecular weight is 269 g/mol. The highest BCUT2D eigenvalue weighted by Crippen LogP contribution is 2.29. The zero-order valence-electron chi connectivity index (χ0n) is 10.2. The number of nitrogens with one attached hydrogen (secondary N) is 1. The van der Waals surface area contributed by atoms with Crippen LogP contribution in [-0.2, 0) is 9.88 Å². The third-order valence-corrected chi connectivity index (χ3v) is 2.20. The molecule has 0 saturated carbocycles. The first-order valence-corrected chi connectivity index (χ1v) is 5.09. The maximum Gasteiger partial charge on any atom is 0.148 e. The van der Waals surface area contributed by atoms with Gasteiger partial charge in [-0.1, -0.05) is 6.07 Å². The summed E-state index contributed by atoms with van der Waals surface area (Å²) in [4.78, 5) is 19.4. The van der Waals surface area contributed by atoms with Gasteiger partial charge in [-0.05, 0) is 22.9 Å². The highest BCUT2D eigenvalue weighted by atomic mass is 17.3. The van der Waals surface area contributed by atoms with E-state index in [4.69, 9.17) is 15.8 Å². The van der Waals surface area contributed by atoms with Crippen LogP contribution in [0.3, 0.4) is 0 Å². The molecule has 0 aliphatic heterocycles. The predicted molar refractivity (Wildman–Crippen MR) is 67.4 cm³/mol. The molecule has 0 saturated heterocycles. The molecule has 0 bridgehead atoms. The van der Waals surface area contributed by atoms with Gasteiger partial charge in [-0.3, -0.25) is 0 Å². The van der Waals surface area contributed by atoms with E-state index in [1.165, 1.54) is 25.3 Å². The Bertz CT molecular complexity index is 660. The van der Waals surface area contributed by atoms with Gasteiger partial charge in [0.2, 0.25) is 0 Å². The van der Waals surface area contributed by atoms with E-state index in [1.54, 1.807) is 18.2 Å². The molecule has 8 nitrogen and oxygen atoms in total. The monoisotopic (exact) mass is 269 g/mol. The molecule has 0 radical (unpaired) electrons. The van der Waals surface area contributed by atoms with E-state index in [9.17, 15) is 4.91 Å². The second-order valence-electron chi connectivity index (χ2n) is 3.26. The quantitative estimate of drug-likeness (QED) is 0.375. The lowest BCUT2D eigenvalue weighted by Crippen LogP contribution is -2.00. The van der Waals surface area contributed by atoms with Gasteiger partial charge in [0, 0.05) is 0 Å². The Morgan fingerprint density at radius 1 is 1.25 bits per heavy atom. The minimum absolute atomic E-state index is 0.0126. The first-order chi connectivity index (χ1) is 9.71. The molecule has 0 aromatic heterocycles. The molecule has 1 rings (SSSR count). The minimum atomic E-state index is -0.335. The van der Waals surface area contributed by atoms with E-state index in [2.05, 4.69) is 20.5 Å². The number of nitroso groups, excluding NO2 is 1. The summed E-state index contributed by atoms with van der Waals surface area (Å²) in [6.07, 6.45) is 0. The summed E-state index contributed by atoms with van der Waals surface area (Å²) in [7, 11) is 1.24. The van der Waals surface area contributed by atoms with Crippen LogP contribution in [0.2, 0.25) is 0 Å². The van der Waals surface area contributed by atoms with Crippen LogP contribution in [0.25, 0.3) is 5.57 Å². The van der Waals surface area contributed by atoms with Crippen molar-refractivity contribution in [2.24, 2.45) is 5.18 Å². The maximum atomic E-state index is 10.6. The topological polar surface area (TPSA) is 131 Å². The van der Waals surface area contributed by atoms with Crippen molar-refractivity contribution in [1.29, 1.82) is 15.8 Å². The lowest BCUT2D eigenvalue weighted by Gasteiger charge is -2.07. The number of allylic oxidation sites excluding steroid dienone is 2. The molecule has 0 unspecified atom stereocenters. The van der Waals surface area contributed by atoms with E-state index in [0.717, 1.165) is 0 Å². The van der Waals surface area contributed by atoms with Crippen molar-refractivity contribution in [3.8, 4) is 18.2 Å². The van der Waals surface area contributed by atoms with Crippen molar-refractivity contribution in [3.05, 3.63) is 34.2 Å². The summed E-state index contributed by atoms with van der Waals surface area (Å²) in [6, 6.07) is 9.06. The number of rotatable bonds is 5. The Labute approximate surface area is 113 Å². The van der Waals surface area contributed by atoms with Crippen LogP contribution < -0.4 is 5.48 Å². The fourth-order valence-corrected chi connectivity index (χ4v) is 1.34. The molecule has 0 fully saturated rings. The molecule has 98 valence electrons. The molecule has 0 heterocycles. The molecule has 1 N–H and O–H groups in total. The second-order valence-corrected chi connectivity index (χ2v) is 3.26. The molecule has 1 aromatic rings. The van der Waals surface area contributed by atoms with Gasteiger partial charge in [-0.25, -0.2) is 10.4 Å². The highest BCUT2D eigenvalue weighted by molar-refractivity contribution is 5.86. The van der Waals surface area contributed by atoms with Crippen molar-refractivity contribution in [3.63, 3.8) is 0 Å². The molecule has 20 heavy (non-hydrogen) atoms. The van der Waals surface area contributed by atoms with Crippen LogP contribution in [0.1, 0.15) is 5.56 Å². The summed E-state index contributed by atoms with van der Waals surface area (Å²) >= 11 is 0. The van der Waals surface area contributed by atoms with Gasteiger partial charge in [-0.15, -0.1) is 9.90 Å². The number of anilines is 1. The van der Waals surface area contributed by atoms with Crippen molar-refractivity contribution >= 4 is 16.9 Å². The van der Waals surface area contributed by atoms with Crippen molar-refractivity contribution in [1.82, 2.24) is 0 Å². The van der Waals surface area contributed by atoms with Gasteiger partial charge in [0.15, 0.2) is 0 Å². The number of hydrogen-bond donors (Lipinski definition) is 1. The zero-order valence-corrected chi connectivity index (χ0v) is 10.2. The van der Waals surface area contributed by atoms with Crippen molar-refractivity contribution in [2.75, 3.05) is 12.6 Å². The van der Waals surface area contributed by atoms with E-state index in [1.807, 2.05) is 0 Å². The van der Waals surface area contributed by atoms with Gasteiger partial charge in [0.1, 0.15) is 29.5 Å². The molecular weight excluding hydrogens is 262 g/mol. The Morgan fingerprint density at radius 3 is 2.45 bits per heavy atom. The molecule has 0 spiro atoms. The van der Waals surface area contributed by atoms with E-state index in [-0.39, 0.29) is 28.1 Å². The Hall–Kier alpha value is -3.25. The normalized spacial score (nSPS) is 8.70. The van der Waals surface area contributed by atoms with Gasteiger partial charge >= 0.3 is 0 Å². The fourth-order valence-electron chi connectivity index (χ4n) is 1.34. The van der Waals surface area contributed by atoms with E-state index >= 15 is 0 Å². The van der Waals surface area contributed by atoms with Crippen LogP contribution >= 0.6 is 0 Å². The number of nitrogens with zero attached hydrogens (tertiary/aromatic N) is 4. The van der Waals surface area contributed by atoms with Crippen LogP contribution in [0.15, 0.2) is 28.9 Å². The first kappa shape index (κ1) is 14.8. The molecule has 1 aromatic carbocycles. The minimum Gasteiger partial charge on any atom is -0.233 e. The molecule has 8 heteroatoms. The van der Waals surface area contributed by atoms with Gasteiger partial charge in [0.05, 0.1) is 18.4 Å². The lowest BCUT2D eigenvalue weighted by atomic mass is 10.0. The van der Waals surface area contributed by atoms with Crippen molar-refractivity contribution in [2.45, 2.75) is 0 Å². The Balaban J connectivity index is 3.38. The maximum absolute atomic E-state index is 10.6. The van der Waals surface area contributed by atoms with Gasteiger partial charge < -0.3 is 0 Å². The van der Waals surface area contributed by atoms with Crippen LogP contribution in [0.4, 0.5) is 11.4 Å². The molecule has 0 aliphatic rings. The fraction of sp³-hybridized carbons (Fsp3) is 0.0833. The summed E-state index contributed by atoms with van der Waals surface area (Å²) in [5, 5.41) is 29.4. The number of hydrogen-bond acceptors (Lipinski definition) is 8. The third kappa shape index (κ3) is 3.15. The Kier molecular flexibility index (Phi) is 5.36. The zero-order chi connectivity index (χ0) is 15.0. The van der Waals surface area contributed by atoms with Crippen LogP contribution in [0, 0.1) is 38.9 Å².